The van der Waals surface area contributed by atoms with Gasteiger partial charge in [0.25, 0.3) is 5.78 Å². The maximum atomic E-state index is 5.87. The molecule has 0 aromatic carbocycles. The predicted molar refractivity (Wildman–Crippen MR) is 85.3 cm³/mol. The predicted octanol–water partition coefficient (Wildman–Crippen LogP) is 0.844. The Morgan fingerprint density at radius 3 is 3.05 bits per heavy atom. The Morgan fingerprint density at radius 2 is 2.27 bits per heavy atom. The Morgan fingerprint density at radius 1 is 1.41 bits per heavy atom. The Hall–Kier alpha value is -1.73. The van der Waals surface area contributed by atoms with Gasteiger partial charge < -0.3 is 14.5 Å². The molecule has 1 fully saturated rings. The third-order valence-electron chi connectivity index (χ3n) is 3.82. The molecule has 0 unspecified atom stereocenters. The molecule has 0 bridgehead atoms. The number of rotatable bonds is 5. The Labute approximate surface area is 130 Å². The van der Waals surface area contributed by atoms with Crippen molar-refractivity contribution in [3.05, 3.63) is 18.1 Å². The molecular formula is C15H24N6O. The first kappa shape index (κ1) is 15.2. The lowest BCUT2D eigenvalue weighted by molar-refractivity contribution is 0.0244. The molecule has 0 N–H and O–H groups in total. The van der Waals surface area contributed by atoms with E-state index in [1.165, 1.54) is 0 Å². The Balaban J connectivity index is 1.89. The molecule has 1 aliphatic heterocycles. The van der Waals surface area contributed by atoms with Crippen LogP contribution in [0, 0.1) is 0 Å². The van der Waals surface area contributed by atoms with Crippen molar-refractivity contribution in [3.63, 3.8) is 0 Å². The molecule has 1 atom stereocenters. The van der Waals surface area contributed by atoms with Crippen molar-refractivity contribution >= 4 is 11.6 Å². The van der Waals surface area contributed by atoms with Crippen molar-refractivity contribution in [2.75, 3.05) is 45.2 Å². The van der Waals surface area contributed by atoms with E-state index in [1.807, 2.05) is 4.52 Å². The quantitative estimate of drug-likeness (QED) is 0.816. The SMILES string of the molecule is CCCc1cc(N2CCO[C@@H](CN(C)C)C2)n2ncnc2n1. The van der Waals surface area contributed by atoms with Gasteiger partial charge in [0.1, 0.15) is 12.1 Å². The lowest BCUT2D eigenvalue weighted by Crippen LogP contribution is -2.47. The van der Waals surface area contributed by atoms with Crippen molar-refractivity contribution in [1.29, 1.82) is 0 Å². The number of aryl methyl sites for hydroxylation is 1. The molecule has 120 valence electrons. The van der Waals surface area contributed by atoms with Crippen LogP contribution in [0.5, 0.6) is 0 Å². The largest absolute Gasteiger partial charge is 0.373 e. The molecule has 0 amide bonds. The van der Waals surface area contributed by atoms with E-state index in [0.717, 1.165) is 50.6 Å². The Kier molecular flexibility index (Phi) is 4.54. The number of anilines is 1. The van der Waals surface area contributed by atoms with Crippen LogP contribution in [0.2, 0.25) is 0 Å². The van der Waals surface area contributed by atoms with Crippen LogP contribution in [0.25, 0.3) is 5.78 Å². The summed E-state index contributed by atoms with van der Waals surface area (Å²) in [4.78, 5) is 13.3. The monoisotopic (exact) mass is 304 g/mol. The van der Waals surface area contributed by atoms with Gasteiger partial charge in [-0.15, -0.1) is 0 Å². The molecule has 2 aromatic heterocycles. The molecule has 22 heavy (non-hydrogen) atoms. The molecule has 3 rings (SSSR count). The third-order valence-corrected chi connectivity index (χ3v) is 3.82. The zero-order valence-corrected chi connectivity index (χ0v) is 13.6. The van der Waals surface area contributed by atoms with Gasteiger partial charge >= 0.3 is 0 Å². The lowest BCUT2D eigenvalue weighted by atomic mass is 10.2. The summed E-state index contributed by atoms with van der Waals surface area (Å²) in [6.07, 6.45) is 3.81. The van der Waals surface area contributed by atoms with E-state index in [2.05, 4.69) is 52.0 Å². The van der Waals surface area contributed by atoms with Crippen molar-refractivity contribution < 1.29 is 4.74 Å². The summed E-state index contributed by atoms with van der Waals surface area (Å²) in [5.74, 6) is 1.75. The minimum absolute atomic E-state index is 0.213. The summed E-state index contributed by atoms with van der Waals surface area (Å²) in [6, 6.07) is 2.14. The summed E-state index contributed by atoms with van der Waals surface area (Å²) >= 11 is 0. The summed E-state index contributed by atoms with van der Waals surface area (Å²) in [5.41, 5.74) is 1.08. The topological polar surface area (TPSA) is 58.8 Å². The summed E-state index contributed by atoms with van der Waals surface area (Å²) in [7, 11) is 4.15. The molecule has 0 radical (unpaired) electrons. The van der Waals surface area contributed by atoms with Crippen LogP contribution in [0.1, 0.15) is 19.0 Å². The van der Waals surface area contributed by atoms with Gasteiger partial charge in [0.05, 0.1) is 12.7 Å². The van der Waals surface area contributed by atoms with Crippen molar-refractivity contribution in [3.8, 4) is 0 Å². The highest BCUT2D eigenvalue weighted by Gasteiger charge is 2.23. The number of likely N-dealkylation sites (N-methyl/N-ethyl adjacent to an activating group) is 1. The van der Waals surface area contributed by atoms with E-state index in [0.29, 0.717) is 5.78 Å². The van der Waals surface area contributed by atoms with E-state index in [9.17, 15) is 0 Å². The van der Waals surface area contributed by atoms with Gasteiger partial charge in [0.2, 0.25) is 0 Å². The van der Waals surface area contributed by atoms with E-state index in [-0.39, 0.29) is 6.10 Å². The standard InChI is InChI=1S/C15H24N6O/c1-4-5-12-8-14(21-15(18-12)16-11-17-21)20-6-7-22-13(10-20)9-19(2)3/h8,11,13H,4-7,9-10H2,1-3H3/t13-/m0/s1. The van der Waals surface area contributed by atoms with Gasteiger partial charge in [0.15, 0.2) is 0 Å². The highest BCUT2D eigenvalue weighted by molar-refractivity contribution is 5.47. The molecule has 0 saturated carbocycles. The van der Waals surface area contributed by atoms with Crippen LogP contribution < -0.4 is 4.90 Å². The highest BCUT2D eigenvalue weighted by atomic mass is 16.5. The summed E-state index contributed by atoms with van der Waals surface area (Å²) in [6.45, 7) is 5.55. The number of aromatic nitrogens is 4. The first-order valence-electron chi connectivity index (χ1n) is 7.88. The second-order valence-corrected chi connectivity index (χ2v) is 6.03. The number of hydrogen-bond donors (Lipinski definition) is 0. The van der Waals surface area contributed by atoms with E-state index in [1.54, 1.807) is 6.33 Å². The molecule has 1 saturated heterocycles. The van der Waals surface area contributed by atoms with Crippen LogP contribution in [0.15, 0.2) is 12.4 Å². The second-order valence-electron chi connectivity index (χ2n) is 6.03. The maximum absolute atomic E-state index is 5.87. The summed E-state index contributed by atoms with van der Waals surface area (Å²) < 4.78 is 7.70. The lowest BCUT2D eigenvalue weighted by Gasteiger charge is -2.35. The van der Waals surface area contributed by atoms with Gasteiger partial charge in [-0.05, 0) is 20.5 Å². The molecule has 0 aliphatic carbocycles. The average molecular weight is 304 g/mol. The van der Waals surface area contributed by atoms with Crippen molar-refractivity contribution in [1.82, 2.24) is 24.5 Å². The molecule has 7 nitrogen and oxygen atoms in total. The van der Waals surface area contributed by atoms with Gasteiger partial charge in [-0.25, -0.2) is 4.98 Å². The Bertz CT molecular complexity index is 626. The molecule has 1 aliphatic rings. The van der Waals surface area contributed by atoms with Crippen LogP contribution in [0.3, 0.4) is 0 Å². The van der Waals surface area contributed by atoms with Gasteiger partial charge in [0, 0.05) is 31.4 Å². The van der Waals surface area contributed by atoms with Crippen LogP contribution in [0.4, 0.5) is 5.82 Å². The number of ether oxygens (including phenoxy) is 1. The first-order chi connectivity index (χ1) is 10.7. The number of fused-ring (bicyclic) bond motifs is 1. The normalized spacial score (nSPS) is 19.3. The van der Waals surface area contributed by atoms with Gasteiger partial charge in [-0.3, -0.25) is 0 Å². The average Bonchev–Trinajstić information content (AvgIpc) is 2.94. The van der Waals surface area contributed by atoms with E-state index < -0.39 is 0 Å². The summed E-state index contributed by atoms with van der Waals surface area (Å²) in [5, 5.41) is 4.33. The minimum Gasteiger partial charge on any atom is -0.373 e. The van der Waals surface area contributed by atoms with Crippen molar-refractivity contribution in [2.45, 2.75) is 25.9 Å². The fraction of sp³-hybridized carbons (Fsp3) is 0.667. The zero-order valence-electron chi connectivity index (χ0n) is 13.6. The van der Waals surface area contributed by atoms with Crippen LogP contribution in [-0.4, -0.2) is 70.9 Å². The molecule has 0 spiro atoms. The van der Waals surface area contributed by atoms with E-state index in [4.69, 9.17) is 4.74 Å². The highest BCUT2D eigenvalue weighted by Crippen LogP contribution is 2.20. The van der Waals surface area contributed by atoms with Crippen molar-refractivity contribution in [2.24, 2.45) is 0 Å². The van der Waals surface area contributed by atoms with Gasteiger partial charge in [-0.2, -0.15) is 14.6 Å². The smallest absolute Gasteiger partial charge is 0.254 e. The fourth-order valence-electron chi connectivity index (χ4n) is 2.90. The van der Waals surface area contributed by atoms with Gasteiger partial charge in [-0.1, -0.05) is 13.3 Å². The minimum atomic E-state index is 0.213. The number of hydrogen-bond acceptors (Lipinski definition) is 6. The number of nitrogens with zero attached hydrogens (tertiary/aromatic N) is 6. The van der Waals surface area contributed by atoms with E-state index >= 15 is 0 Å². The molecule has 2 aromatic rings. The zero-order chi connectivity index (χ0) is 15.5. The fourth-order valence-corrected chi connectivity index (χ4v) is 2.90. The van der Waals surface area contributed by atoms with Crippen LogP contribution in [-0.2, 0) is 11.2 Å². The molecular weight excluding hydrogens is 280 g/mol. The third kappa shape index (κ3) is 3.20. The second kappa shape index (κ2) is 6.58. The molecule has 3 heterocycles. The number of morpholine rings is 1. The first-order valence-corrected chi connectivity index (χ1v) is 7.88. The maximum Gasteiger partial charge on any atom is 0.254 e. The van der Waals surface area contributed by atoms with Crippen LogP contribution >= 0.6 is 0 Å². The molecule has 7 heteroatoms.